The second-order valence-electron chi connectivity index (χ2n) is 17.3. The Balaban J connectivity index is 0.000000249. The standard InChI is InChI=1S/C20H19BrF4N4O.C16H12BrF4IN4.C4H7O.3C4H9.Sn/c1-4-28-19(21)13(11-26-28)8-15-10-18(20(23,24)25)27-29(15)17-7-6-14(22)9-16(17)12(3)30-5-2;1-2-25-15(17)9(8-23-25)5-11-7-14(16(19,20)21)24-26(11)13-4-3-10(18)6-12(13)22;1-3-5-4-2;3*1-3-4-2;/h6-7,9-11H,3-5,8H2,1-2H3;3-4,6-8H,2,5H2,1H3;1,4H2,2H3;3*1,3-4H2,2H3;. The van der Waals surface area contributed by atoms with Gasteiger partial charge in [0, 0.05) is 57.6 Å². The first-order chi connectivity index (χ1) is 35.0. The molecular formula is C52H65Br2F8IN8O2Sn. The number of hydrogen-bond acceptors (Lipinski definition) is 6. The fourth-order valence-electron chi connectivity index (χ4n) is 8.16. The predicted molar refractivity (Wildman–Crippen MR) is 293 cm³/mol. The van der Waals surface area contributed by atoms with Gasteiger partial charge in [-0.1, -0.05) is 6.58 Å². The summed E-state index contributed by atoms with van der Waals surface area (Å²) < 4.78 is 132. The van der Waals surface area contributed by atoms with Gasteiger partial charge in [0.15, 0.2) is 11.4 Å². The van der Waals surface area contributed by atoms with Crippen molar-refractivity contribution in [2.75, 3.05) is 13.2 Å². The maximum atomic E-state index is 13.9. The second-order valence-corrected chi connectivity index (χ2v) is 33.2. The van der Waals surface area contributed by atoms with Gasteiger partial charge in [-0.25, -0.2) is 18.1 Å². The fourth-order valence-corrected chi connectivity index (χ4v) is 24.7. The van der Waals surface area contributed by atoms with Crippen molar-refractivity contribution in [3.63, 3.8) is 0 Å². The third-order valence-corrected chi connectivity index (χ3v) is 29.8. The summed E-state index contributed by atoms with van der Waals surface area (Å²) in [4.78, 5) is 0. The van der Waals surface area contributed by atoms with E-state index in [2.05, 4.69) is 93.1 Å². The minimum Gasteiger partial charge on any atom is -0.258 e. The molecule has 0 aliphatic rings. The molecule has 0 N–H and O–H groups in total. The molecule has 0 amide bonds. The number of alkyl halides is 6. The summed E-state index contributed by atoms with van der Waals surface area (Å²) in [5.74, 6) is -0.886. The van der Waals surface area contributed by atoms with Crippen LogP contribution in [-0.4, -0.2) is 70.7 Å². The monoisotopic (exact) mass is 1390 g/mol. The number of hydrogen-bond donors (Lipinski definition) is 0. The Morgan fingerprint density at radius 3 is 1.42 bits per heavy atom. The topological polar surface area (TPSA) is 89.7 Å². The van der Waals surface area contributed by atoms with Crippen molar-refractivity contribution in [1.82, 2.24) is 39.1 Å². The molecule has 6 aromatic rings. The molecule has 4 heterocycles. The number of unbranched alkanes of at least 4 members (excludes halogenated alkanes) is 3. The zero-order chi connectivity index (χ0) is 55.0. The third kappa shape index (κ3) is 16.9. The third-order valence-electron chi connectivity index (χ3n) is 12.1. The van der Waals surface area contributed by atoms with Crippen molar-refractivity contribution in [2.24, 2.45) is 0 Å². The van der Waals surface area contributed by atoms with Gasteiger partial charge < -0.3 is 4.74 Å². The summed E-state index contributed by atoms with van der Waals surface area (Å²) in [7, 11) is 0. The fraction of sp³-hybridized carbons (Fsp3) is 0.462. The van der Waals surface area contributed by atoms with Gasteiger partial charge in [0.1, 0.15) is 26.6 Å². The molecule has 22 heteroatoms. The van der Waals surface area contributed by atoms with E-state index in [1.54, 1.807) is 28.7 Å². The molecule has 74 heavy (non-hydrogen) atoms. The van der Waals surface area contributed by atoms with Gasteiger partial charge in [-0.3, -0.25) is 9.36 Å². The first-order valence-corrected chi connectivity index (χ1v) is 34.8. The number of aromatic nitrogens is 8. The van der Waals surface area contributed by atoms with Gasteiger partial charge in [0.25, 0.3) is 0 Å². The van der Waals surface area contributed by atoms with E-state index in [0.717, 1.165) is 41.1 Å². The maximum absolute atomic E-state index is 13.9. The number of benzene rings is 2. The van der Waals surface area contributed by atoms with Crippen molar-refractivity contribution < 1.29 is 44.6 Å². The number of rotatable bonds is 23. The van der Waals surface area contributed by atoms with Gasteiger partial charge >= 0.3 is 132 Å². The van der Waals surface area contributed by atoms with Crippen LogP contribution in [0.2, 0.25) is 13.3 Å². The SMILES string of the molecule is C=C(OCC)c1cc(F)ccc1-n1nc(C(F)(F)F)cc1Cc1cnn(CC)c1Br.C=[C](OCC)[Sn]([CH2]CCC)([CH2]CCC)[CH2]CCC.CCn1ncc(Cc2cc(C(F)(F)F)nn2-c2ccc(F)cc2I)c1Br. The summed E-state index contributed by atoms with van der Waals surface area (Å²) in [6.07, 6.45) is 2.40. The van der Waals surface area contributed by atoms with Crippen molar-refractivity contribution in [3.05, 3.63) is 142 Å². The molecule has 406 valence electrons. The number of ether oxygens (including phenoxy) is 2. The van der Waals surface area contributed by atoms with E-state index in [-0.39, 0.29) is 42.2 Å². The van der Waals surface area contributed by atoms with E-state index in [1.807, 2.05) is 36.4 Å². The van der Waals surface area contributed by atoms with Gasteiger partial charge in [-0.2, -0.15) is 46.7 Å². The average Bonchev–Trinajstić information content (AvgIpc) is 4.15. The summed E-state index contributed by atoms with van der Waals surface area (Å²) in [6.45, 7) is 25.0. The van der Waals surface area contributed by atoms with Crippen LogP contribution in [0.5, 0.6) is 0 Å². The molecule has 4 aromatic heterocycles. The van der Waals surface area contributed by atoms with Crippen molar-refractivity contribution in [2.45, 2.75) is 139 Å². The molecule has 0 aliphatic heterocycles. The quantitative estimate of drug-likeness (QED) is 0.0275. The summed E-state index contributed by atoms with van der Waals surface area (Å²) in [5, 5.41) is 15.9. The number of nitrogens with zero attached hydrogens (tertiary/aromatic N) is 8. The Hall–Kier alpha value is -3.71. The largest absolute Gasteiger partial charge is 0.435 e. The van der Waals surface area contributed by atoms with Crippen LogP contribution in [-0.2, 0) is 47.8 Å². The van der Waals surface area contributed by atoms with Gasteiger partial charge in [-0.15, -0.1) is 0 Å². The Labute approximate surface area is 463 Å². The molecule has 0 unspecified atom stereocenters. The summed E-state index contributed by atoms with van der Waals surface area (Å²) in [5.41, 5.74) is 0.821. The maximum Gasteiger partial charge on any atom is 0.435 e. The smallest absolute Gasteiger partial charge is 0.258 e. The molecule has 0 saturated carbocycles. The summed E-state index contributed by atoms with van der Waals surface area (Å²) >= 11 is 6.48. The molecule has 0 radical (unpaired) electrons. The van der Waals surface area contributed by atoms with Crippen LogP contribution in [0.4, 0.5) is 35.1 Å². The van der Waals surface area contributed by atoms with Crippen LogP contribution in [0, 0.1) is 15.2 Å². The molecule has 0 fully saturated rings. The normalized spacial score (nSPS) is 11.8. The van der Waals surface area contributed by atoms with Crippen molar-refractivity contribution in [1.29, 1.82) is 0 Å². The van der Waals surface area contributed by atoms with Gasteiger partial charge in [-0.05, 0) is 124 Å². The predicted octanol–water partition coefficient (Wildman–Crippen LogP) is 16.7. The Kier molecular flexibility index (Phi) is 24.7. The van der Waals surface area contributed by atoms with E-state index in [0.29, 0.717) is 42.8 Å². The molecule has 0 aliphatic carbocycles. The van der Waals surface area contributed by atoms with Crippen molar-refractivity contribution >= 4 is 78.6 Å². The van der Waals surface area contributed by atoms with Gasteiger partial charge in [0.05, 0.1) is 30.4 Å². The first-order valence-electron chi connectivity index (χ1n) is 24.6. The minimum absolute atomic E-state index is 0.127. The van der Waals surface area contributed by atoms with Crippen LogP contribution in [0.3, 0.4) is 0 Å². The minimum atomic E-state index is -4.64. The molecular weight excluding hydrogens is 1330 g/mol. The van der Waals surface area contributed by atoms with Crippen LogP contribution in [0.25, 0.3) is 17.1 Å². The van der Waals surface area contributed by atoms with E-state index in [9.17, 15) is 35.1 Å². The molecule has 0 bridgehead atoms. The Morgan fingerprint density at radius 1 is 0.622 bits per heavy atom. The van der Waals surface area contributed by atoms with E-state index < -0.39 is 53.8 Å². The Morgan fingerprint density at radius 2 is 1.04 bits per heavy atom. The first kappa shape index (κ1) is 62.8. The van der Waals surface area contributed by atoms with Crippen LogP contribution in [0.15, 0.2) is 87.1 Å². The second kappa shape index (κ2) is 29.1. The van der Waals surface area contributed by atoms with Crippen molar-refractivity contribution in [3.8, 4) is 11.4 Å². The van der Waals surface area contributed by atoms with E-state index in [1.165, 1.54) is 84.6 Å². The average molecular weight is 1390 g/mol. The molecule has 2 aromatic carbocycles. The number of aryl methyl sites for hydroxylation is 2. The Bertz CT molecular complexity index is 2750. The van der Waals surface area contributed by atoms with Crippen LogP contribution in [0.1, 0.15) is 126 Å². The summed E-state index contributed by atoms with van der Waals surface area (Å²) in [6, 6.07) is 9.52. The van der Waals surface area contributed by atoms with Gasteiger partial charge in [0.2, 0.25) is 0 Å². The van der Waals surface area contributed by atoms with E-state index >= 15 is 0 Å². The molecule has 0 atom stereocenters. The van der Waals surface area contributed by atoms with Crippen LogP contribution >= 0.6 is 54.5 Å². The van der Waals surface area contributed by atoms with E-state index in [4.69, 9.17) is 9.47 Å². The number of halogens is 11. The molecule has 0 saturated heterocycles. The molecule has 6 rings (SSSR count). The molecule has 10 nitrogen and oxygen atoms in total. The molecule has 0 spiro atoms. The zero-order valence-corrected chi connectivity index (χ0v) is 51.0. The zero-order valence-electron chi connectivity index (χ0n) is 42.8. The van der Waals surface area contributed by atoms with Crippen LogP contribution < -0.4 is 0 Å².